The van der Waals surface area contributed by atoms with Crippen LogP contribution in [0.25, 0.3) is 0 Å². The molecule has 5 N–H and O–H groups in total. The minimum absolute atomic E-state index is 0.0447. The standard InChI is InChI=1S/C37H60N6O5/c1-20(2)22(5)32(6)13-14-34(8)23-11-12-26-33(7)17-47-19-37(26,24(23)15-27(44)36(34,10)28(32)30(45)46)16-25(43-41-31(38)40-42-43)29(33)48-18-35(9,39)21(3)4/h15,20-23,25-26,28-29H,11-14,16-19,39H2,1-10H3,(H2,38,41)(H,45,46)/t22-,23+,25-,26+,28-,29+,32-,33-,34-,35?,36+,37+/m1/s1. The first-order valence-electron chi connectivity index (χ1n) is 18.2. The van der Waals surface area contributed by atoms with E-state index in [1.54, 1.807) is 4.80 Å². The summed E-state index contributed by atoms with van der Waals surface area (Å²) in [6.45, 7) is 22.6. The van der Waals surface area contributed by atoms with Crippen LogP contribution in [0.2, 0.25) is 0 Å². The predicted molar refractivity (Wildman–Crippen MR) is 182 cm³/mol. The van der Waals surface area contributed by atoms with Crippen LogP contribution in [0.1, 0.15) is 107 Å². The number of nitrogens with two attached hydrogens (primary N) is 2. The highest BCUT2D eigenvalue weighted by molar-refractivity contribution is 6.00. The molecule has 1 saturated heterocycles. The largest absolute Gasteiger partial charge is 0.481 e. The van der Waals surface area contributed by atoms with Crippen molar-refractivity contribution in [1.82, 2.24) is 20.2 Å². The lowest BCUT2D eigenvalue weighted by Crippen LogP contribution is -2.70. The number of aromatic nitrogens is 4. The number of rotatable bonds is 8. The Morgan fingerprint density at radius 3 is 2.42 bits per heavy atom. The van der Waals surface area contributed by atoms with E-state index in [4.69, 9.17) is 20.9 Å². The summed E-state index contributed by atoms with van der Waals surface area (Å²) in [5, 5.41) is 23.9. The van der Waals surface area contributed by atoms with Gasteiger partial charge in [-0.15, -0.1) is 5.10 Å². The van der Waals surface area contributed by atoms with Crippen molar-refractivity contribution in [3.05, 3.63) is 11.6 Å². The number of carbonyl (C=O) groups excluding carboxylic acids is 1. The van der Waals surface area contributed by atoms with E-state index in [9.17, 15) is 14.7 Å². The van der Waals surface area contributed by atoms with Crippen LogP contribution in [0, 0.1) is 62.6 Å². The summed E-state index contributed by atoms with van der Waals surface area (Å²) in [5.74, 6) is -0.735. The van der Waals surface area contributed by atoms with E-state index >= 15 is 0 Å². The van der Waals surface area contributed by atoms with Crippen LogP contribution in [0.3, 0.4) is 0 Å². The van der Waals surface area contributed by atoms with Gasteiger partial charge in [0, 0.05) is 21.8 Å². The Labute approximate surface area is 286 Å². The molecule has 0 aromatic carbocycles. The monoisotopic (exact) mass is 668 g/mol. The van der Waals surface area contributed by atoms with Gasteiger partial charge in [0.25, 0.3) is 5.95 Å². The minimum Gasteiger partial charge on any atom is -0.481 e. The number of aliphatic carboxylic acids is 1. The third kappa shape index (κ3) is 4.65. The number of nitrogens with zero attached hydrogens (tertiary/aromatic N) is 4. The van der Waals surface area contributed by atoms with Crippen LogP contribution in [0.5, 0.6) is 0 Å². The smallest absolute Gasteiger partial charge is 0.308 e. The molecule has 12 atom stereocenters. The van der Waals surface area contributed by atoms with Gasteiger partial charge in [-0.2, -0.15) is 4.80 Å². The average molecular weight is 669 g/mol. The van der Waals surface area contributed by atoms with Gasteiger partial charge >= 0.3 is 5.97 Å². The number of fused-ring (bicyclic) bond motifs is 3. The Bertz CT molecular complexity index is 1490. The van der Waals surface area contributed by atoms with E-state index in [0.717, 1.165) is 31.3 Å². The van der Waals surface area contributed by atoms with Gasteiger partial charge in [-0.3, -0.25) is 9.59 Å². The van der Waals surface area contributed by atoms with Gasteiger partial charge in [-0.05, 0) is 90.7 Å². The summed E-state index contributed by atoms with van der Waals surface area (Å²) in [7, 11) is 0. The van der Waals surface area contributed by atoms with E-state index in [2.05, 4.69) is 70.8 Å². The van der Waals surface area contributed by atoms with Crippen molar-refractivity contribution in [3.63, 3.8) is 0 Å². The fourth-order valence-corrected chi connectivity index (χ4v) is 11.7. The fourth-order valence-electron chi connectivity index (χ4n) is 11.7. The number of carboxylic acid groups (broad SMARTS) is 1. The van der Waals surface area contributed by atoms with E-state index in [1.165, 1.54) is 0 Å². The molecule has 0 amide bonds. The zero-order valence-electron chi connectivity index (χ0n) is 30.9. The number of ketones is 1. The number of allylic oxidation sites excluding steroid dienone is 1. The van der Waals surface area contributed by atoms with Gasteiger partial charge in [0.15, 0.2) is 5.78 Å². The predicted octanol–water partition coefficient (Wildman–Crippen LogP) is 5.32. The Kier molecular flexibility index (Phi) is 8.36. The molecule has 268 valence electrons. The number of hydrogen-bond donors (Lipinski definition) is 3. The van der Waals surface area contributed by atoms with Crippen LogP contribution in [0.4, 0.5) is 5.95 Å². The molecule has 4 aliphatic carbocycles. The summed E-state index contributed by atoms with van der Waals surface area (Å²) in [5.41, 5.74) is 10.3. The molecular formula is C37H60N6O5. The van der Waals surface area contributed by atoms with E-state index in [0.29, 0.717) is 32.2 Å². The fraction of sp³-hybridized carbons (Fsp3) is 0.865. The number of nitrogen functional groups attached to an aromatic ring is 1. The summed E-state index contributed by atoms with van der Waals surface area (Å²) < 4.78 is 13.5. The third-order valence-corrected chi connectivity index (χ3v) is 15.6. The molecule has 11 heteroatoms. The molecule has 4 fully saturated rings. The first kappa shape index (κ1) is 35.5. The Balaban J connectivity index is 1.48. The minimum atomic E-state index is -1.05. The molecule has 6 rings (SSSR count). The van der Waals surface area contributed by atoms with Crippen LogP contribution in [0.15, 0.2) is 11.6 Å². The maximum atomic E-state index is 14.9. The molecule has 5 aliphatic rings. The zero-order chi connectivity index (χ0) is 35.4. The lowest BCUT2D eigenvalue weighted by Gasteiger charge is -2.70. The molecule has 11 nitrogen and oxygen atoms in total. The second-order valence-corrected chi connectivity index (χ2v) is 18.4. The molecule has 1 unspecified atom stereocenters. The summed E-state index contributed by atoms with van der Waals surface area (Å²) >= 11 is 0. The molecule has 0 spiro atoms. The average Bonchev–Trinajstić information content (AvgIpc) is 3.43. The zero-order valence-corrected chi connectivity index (χ0v) is 30.9. The van der Waals surface area contributed by atoms with Crippen molar-refractivity contribution >= 4 is 17.7 Å². The van der Waals surface area contributed by atoms with Gasteiger partial charge in [0.1, 0.15) is 6.04 Å². The topological polar surface area (TPSA) is 168 Å². The highest BCUT2D eigenvalue weighted by Gasteiger charge is 2.74. The molecule has 2 bridgehead atoms. The molecule has 1 aromatic heterocycles. The first-order valence-corrected chi connectivity index (χ1v) is 18.2. The highest BCUT2D eigenvalue weighted by Crippen LogP contribution is 2.74. The Hall–Kier alpha value is -2.37. The van der Waals surface area contributed by atoms with Crippen LogP contribution < -0.4 is 11.5 Å². The number of ether oxygens (including phenoxy) is 2. The highest BCUT2D eigenvalue weighted by atomic mass is 16.5. The van der Waals surface area contributed by atoms with Gasteiger partial charge in [-0.25, -0.2) is 0 Å². The lowest BCUT2D eigenvalue weighted by molar-refractivity contribution is -0.252. The number of anilines is 1. The van der Waals surface area contributed by atoms with Crippen molar-refractivity contribution in [2.45, 2.75) is 119 Å². The van der Waals surface area contributed by atoms with Crippen molar-refractivity contribution in [2.24, 2.45) is 68.3 Å². The Morgan fingerprint density at radius 1 is 1.15 bits per heavy atom. The SMILES string of the molecule is CC(C)[C@@H](C)[C@@]1(C)CC[C@]2(C)[C@H]3CC[C@@H]4[C@@]5(COC[C@@]4(C)[C@@H](OCC(C)(N)C(C)C)[C@H](n4nnc(N)n4)C5)C3=CC(=O)[C@@]2(C)[C@@H]1C(=O)O. The third-order valence-electron chi connectivity index (χ3n) is 15.6. The molecule has 3 saturated carbocycles. The quantitative estimate of drug-likeness (QED) is 0.330. The van der Waals surface area contributed by atoms with E-state index in [1.807, 2.05) is 19.9 Å². The van der Waals surface area contributed by atoms with E-state index < -0.39 is 44.5 Å². The number of tetrazole rings is 1. The normalized spacial score (nSPS) is 44.3. The van der Waals surface area contributed by atoms with Crippen LogP contribution >= 0.6 is 0 Å². The molecule has 1 aromatic rings. The molecule has 2 heterocycles. The second kappa shape index (κ2) is 11.3. The Morgan fingerprint density at radius 2 is 1.83 bits per heavy atom. The van der Waals surface area contributed by atoms with Gasteiger partial charge in [0.2, 0.25) is 0 Å². The van der Waals surface area contributed by atoms with Gasteiger partial charge in [-0.1, -0.05) is 73.0 Å². The molecule has 48 heavy (non-hydrogen) atoms. The van der Waals surface area contributed by atoms with Crippen LogP contribution in [-0.2, 0) is 19.1 Å². The van der Waals surface area contributed by atoms with Crippen molar-refractivity contribution in [3.8, 4) is 0 Å². The van der Waals surface area contributed by atoms with Crippen molar-refractivity contribution < 1.29 is 24.2 Å². The summed E-state index contributed by atoms with van der Waals surface area (Å²) in [4.78, 5) is 30.0. The van der Waals surface area contributed by atoms with Crippen LogP contribution in [-0.4, -0.2) is 68.5 Å². The first-order chi connectivity index (χ1) is 22.2. The van der Waals surface area contributed by atoms with Crippen molar-refractivity contribution in [2.75, 3.05) is 25.6 Å². The van der Waals surface area contributed by atoms with E-state index in [-0.39, 0.29) is 47.5 Å². The molecule has 1 aliphatic heterocycles. The second-order valence-electron chi connectivity index (χ2n) is 18.4. The number of hydrogen-bond acceptors (Lipinski definition) is 9. The molecule has 0 radical (unpaired) electrons. The lowest BCUT2D eigenvalue weighted by atomic mass is 9.34. The number of carboxylic acids is 1. The maximum Gasteiger partial charge on any atom is 0.308 e. The van der Waals surface area contributed by atoms with Gasteiger partial charge < -0.3 is 26.0 Å². The summed E-state index contributed by atoms with van der Waals surface area (Å²) in [6, 6.07) is -0.313. The molecular weight excluding hydrogens is 608 g/mol. The number of carbonyl (C=O) groups is 2. The van der Waals surface area contributed by atoms with Gasteiger partial charge in [0.05, 0.1) is 31.8 Å². The maximum absolute atomic E-state index is 14.9. The van der Waals surface area contributed by atoms with Crippen molar-refractivity contribution in [1.29, 1.82) is 0 Å². The summed E-state index contributed by atoms with van der Waals surface area (Å²) in [6.07, 6.45) is 5.55.